The van der Waals surface area contributed by atoms with E-state index in [0.29, 0.717) is 6.61 Å². The number of rotatable bonds is 4. The molecule has 0 heterocycles. The predicted octanol–water partition coefficient (Wildman–Crippen LogP) is 0.415. The van der Waals surface area contributed by atoms with Crippen molar-refractivity contribution in [3.05, 3.63) is 0 Å². The lowest BCUT2D eigenvalue weighted by Gasteiger charge is -2.02. The van der Waals surface area contributed by atoms with Crippen molar-refractivity contribution in [1.29, 1.82) is 0 Å². The standard InChI is InChI=1S/C5H12O3S/c1-3-4-8-9(7)5(2)6/h5-6H,3-4H2,1-2H3. The molecule has 0 amide bonds. The van der Waals surface area contributed by atoms with E-state index < -0.39 is 16.5 Å². The Morgan fingerprint density at radius 3 is 2.67 bits per heavy atom. The molecule has 0 fully saturated rings. The van der Waals surface area contributed by atoms with Crippen LogP contribution in [0.15, 0.2) is 0 Å². The molecule has 0 saturated carbocycles. The second kappa shape index (κ2) is 4.90. The Morgan fingerprint density at radius 1 is 1.78 bits per heavy atom. The number of aliphatic hydroxyl groups excluding tert-OH is 1. The van der Waals surface area contributed by atoms with Crippen LogP contribution >= 0.6 is 0 Å². The van der Waals surface area contributed by atoms with Gasteiger partial charge in [-0.1, -0.05) is 6.92 Å². The van der Waals surface area contributed by atoms with Crippen LogP contribution in [0.2, 0.25) is 0 Å². The monoisotopic (exact) mass is 152 g/mol. The van der Waals surface area contributed by atoms with Crippen LogP contribution in [-0.2, 0) is 15.3 Å². The van der Waals surface area contributed by atoms with Crippen molar-refractivity contribution in [1.82, 2.24) is 0 Å². The van der Waals surface area contributed by atoms with Gasteiger partial charge in [0.1, 0.15) is 0 Å². The summed E-state index contributed by atoms with van der Waals surface area (Å²) in [7, 11) is 0. The van der Waals surface area contributed by atoms with Crippen molar-refractivity contribution < 1.29 is 13.5 Å². The Kier molecular flexibility index (Phi) is 4.94. The van der Waals surface area contributed by atoms with Gasteiger partial charge in [0.25, 0.3) is 0 Å². The summed E-state index contributed by atoms with van der Waals surface area (Å²) >= 11 is -1.52. The molecule has 9 heavy (non-hydrogen) atoms. The van der Waals surface area contributed by atoms with Crippen molar-refractivity contribution >= 4 is 11.1 Å². The third-order valence-electron chi connectivity index (χ3n) is 0.682. The van der Waals surface area contributed by atoms with Crippen molar-refractivity contribution in [3.8, 4) is 0 Å². The third-order valence-corrected chi connectivity index (χ3v) is 1.64. The van der Waals surface area contributed by atoms with Crippen LogP contribution in [0.5, 0.6) is 0 Å². The molecular formula is C5H12O3S. The fourth-order valence-corrected chi connectivity index (χ4v) is 0.792. The minimum Gasteiger partial charge on any atom is -0.378 e. The van der Waals surface area contributed by atoms with Crippen LogP contribution in [0.4, 0.5) is 0 Å². The molecule has 0 saturated heterocycles. The smallest absolute Gasteiger partial charge is 0.184 e. The molecule has 2 atom stereocenters. The van der Waals surface area contributed by atoms with E-state index in [1.165, 1.54) is 6.92 Å². The normalized spacial score (nSPS) is 17.2. The molecule has 0 aromatic rings. The Balaban J connectivity index is 3.28. The first-order chi connectivity index (χ1) is 4.18. The van der Waals surface area contributed by atoms with Gasteiger partial charge in [-0.25, -0.2) is 4.21 Å². The Bertz CT molecular complexity index is 92.2. The van der Waals surface area contributed by atoms with Gasteiger partial charge >= 0.3 is 0 Å². The maximum absolute atomic E-state index is 10.5. The molecule has 0 aromatic carbocycles. The molecule has 0 rings (SSSR count). The van der Waals surface area contributed by atoms with E-state index in [4.69, 9.17) is 5.11 Å². The molecule has 0 aliphatic heterocycles. The van der Waals surface area contributed by atoms with Crippen molar-refractivity contribution in [2.24, 2.45) is 0 Å². The Morgan fingerprint density at radius 2 is 2.33 bits per heavy atom. The fraction of sp³-hybridized carbons (Fsp3) is 1.00. The average Bonchev–Trinajstić information content (AvgIpc) is 1.82. The summed E-state index contributed by atoms with van der Waals surface area (Å²) in [6, 6.07) is 0. The number of hydrogen-bond donors (Lipinski definition) is 1. The molecule has 4 heteroatoms. The first kappa shape index (κ1) is 9.07. The topological polar surface area (TPSA) is 46.5 Å². The van der Waals surface area contributed by atoms with Gasteiger partial charge in [-0.2, -0.15) is 0 Å². The van der Waals surface area contributed by atoms with E-state index in [2.05, 4.69) is 4.18 Å². The van der Waals surface area contributed by atoms with Gasteiger partial charge in [-0.15, -0.1) is 0 Å². The van der Waals surface area contributed by atoms with Crippen molar-refractivity contribution in [3.63, 3.8) is 0 Å². The number of hydrogen-bond acceptors (Lipinski definition) is 3. The highest BCUT2D eigenvalue weighted by molar-refractivity contribution is 7.80. The molecule has 0 spiro atoms. The number of aliphatic hydroxyl groups is 1. The van der Waals surface area contributed by atoms with E-state index in [1.54, 1.807) is 0 Å². The summed E-state index contributed by atoms with van der Waals surface area (Å²) in [6.45, 7) is 3.79. The molecule has 3 nitrogen and oxygen atoms in total. The third kappa shape index (κ3) is 4.57. The second-order valence-corrected chi connectivity index (χ2v) is 3.12. The predicted molar refractivity (Wildman–Crippen MR) is 36.1 cm³/mol. The Hall–Kier alpha value is 0.0700. The van der Waals surface area contributed by atoms with Gasteiger partial charge in [0.05, 0.1) is 6.61 Å². The molecule has 56 valence electrons. The minimum atomic E-state index is -1.52. The maximum Gasteiger partial charge on any atom is 0.184 e. The van der Waals surface area contributed by atoms with Crippen LogP contribution in [0.3, 0.4) is 0 Å². The van der Waals surface area contributed by atoms with Gasteiger partial charge < -0.3 is 5.11 Å². The maximum atomic E-state index is 10.5. The summed E-state index contributed by atoms with van der Waals surface area (Å²) in [5, 5.41) is 8.62. The summed E-state index contributed by atoms with van der Waals surface area (Å²) in [4.78, 5) is 0. The molecule has 2 unspecified atom stereocenters. The van der Waals surface area contributed by atoms with Crippen LogP contribution in [0.25, 0.3) is 0 Å². The highest BCUT2D eigenvalue weighted by atomic mass is 32.2. The van der Waals surface area contributed by atoms with Gasteiger partial charge in [0.15, 0.2) is 16.5 Å². The summed E-state index contributed by atoms with van der Waals surface area (Å²) in [6.07, 6.45) is 0.818. The van der Waals surface area contributed by atoms with Gasteiger partial charge in [0, 0.05) is 0 Å². The summed E-state index contributed by atoms with van der Waals surface area (Å²) in [5.74, 6) is 0. The van der Waals surface area contributed by atoms with Gasteiger partial charge in [-0.05, 0) is 13.3 Å². The lowest BCUT2D eigenvalue weighted by Crippen LogP contribution is -2.12. The van der Waals surface area contributed by atoms with Gasteiger partial charge in [-0.3, -0.25) is 4.18 Å². The van der Waals surface area contributed by atoms with E-state index in [9.17, 15) is 4.21 Å². The fourth-order valence-electron chi connectivity index (χ4n) is 0.264. The first-order valence-electron chi connectivity index (χ1n) is 2.90. The second-order valence-electron chi connectivity index (χ2n) is 1.68. The molecule has 1 N–H and O–H groups in total. The molecule has 0 bridgehead atoms. The minimum absolute atomic E-state index is 0.442. The Labute approximate surface area is 57.7 Å². The van der Waals surface area contributed by atoms with E-state index in [1.807, 2.05) is 6.92 Å². The van der Waals surface area contributed by atoms with E-state index >= 15 is 0 Å². The molecular weight excluding hydrogens is 140 g/mol. The van der Waals surface area contributed by atoms with Crippen LogP contribution in [0, 0.1) is 0 Å². The highest BCUT2D eigenvalue weighted by Crippen LogP contribution is 1.93. The zero-order valence-electron chi connectivity index (χ0n) is 5.66. The van der Waals surface area contributed by atoms with Crippen molar-refractivity contribution in [2.75, 3.05) is 6.61 Å². The summed E-state index contributed by atoms with van der Waals surface area (Å²) < 4.78 is 15.2. The first-order valence-corrected chi connectivity index (χ1v) is 4.04. The molecule has 0 aromatic heterocycles. The van der Waals surface area contributed by atoms with Crippen LogP contribution in [-0.4, -0.2) is 21.4 Å². The molecule has 0 aliphatic carbocycles. The molecule has 0 radical (unpaired) electrons. The van der Waals surface area contributed by atoms with Gasteiger partial charge in [0.2, 0.25) is 0 Å². The summed E-state index contributed by atoms with van der Waals surface area (Å²) in [5.41, 5.74) is -0.878. The van der Waals surface area contributed by atoms with E-state index in [-0.39, 0.29) is 0 Å². The zero-order chi connectivity index (χ0) is 7.28. The highest BCUT2D eigenvalue weighted by Gasteiger charge is 2.05. The average molecular weight is 152 g/mol. The quantitative estimate of drug-likeness (QED) is 0.635. The van der Waals surface area contributed by atoms with Crippen molar-refractivity contribution in [2.45, 2.75) is 25.7 Å². The lowest BCUT2D eigenvalue weighted by molar-refractivity contribution is 0.245. The van der Waals surface area contributed by atoms with E-state index in [0.717, 1.165) is 6.42 Å². The SMILES string of the molecule is CCCOS(=O)C(C)O. The molecule has 0 aliphatic rings. The zero-order valence-corrected chi connectivity index (χ0v) is 6.48. The lowest BCUT2D eigenvalue weighted by atomic mass is 10.5. The van der Waals surface area contributed by atoms with Crippen LogP contribution in [0.1, 0.15) is 20.3 Å². The largest absolute Gasteiger partial charge is 0.378 e. The van der Waals surface area contributed by atoms with Crippen LogP contribution < -0.4 is 0 Å².